The van der Waals surface area contributed by atoms with Gasteiger partial charge in [0.2, 0.25) is 0 Å². The number of rotatable bonds is 1. The molecule has 0 aliphatic carbocycles. The molecule has 1 rings (SSSR count). The van der Waals surface area contributed by atoms with Crippen molar-refractivity contribution in [2.75, 3.05) is 6.54 Å². The van der Waals surface area contributed by atoms with Gasteiger partial charge in [-0.1, -0.05) is 30.1 Å². The monoisotopic (exact) mass is 207 g/mol. The summed E-state index contributed by atoms with van der Waals surface area (Å²) < 4.78 is 0. The number of hydrogen-bond acceptors (Lipinski definition) is 3. The predicted molar refractivity (Wildman–Crippen MR) is 48.6 cm³/mol. The van der Waals surface area contributed by atoms with Crippen molar-refractivity contribution >= 4 is 23.2 Å². The van der Waals surface area contributed by atoms with Gasteiger partial charge >= 0.3 is 0 Å². The van der Waals surface area contributed by atoms with Crippen LogP contribution < -0.4 is 5.48 Å². The van der Waals surface area contributed by atoms with Gasteiger partial charge in [-0.15, -0.1) is 0 Å². The highest BCUT2D eigenvalue weighted by Gasteiger charge is 1.86. The van der Waals surface area contributed by atoms with Gasteiger partial charge in [-0.25, -0.2) is 10.5 Å². The van der Waals surface area contributed by atoms with E-state index in [9.17, 15) is 0 Å². The van der Waals surface area contributed by atoms with Crippen LogP contribution in [0.1, 0.15) is 6.92 Å². The van der Waals surface area contributed by atoms with Gasteiger partial charge in [-0.05, 0) is 12.1 Å². The molecule has 12 heavy (non-hydrogen) atoms. The summed E-state index contributed by atoms with van der Waals surface area (Å²) in [7, 11) is 0. The maximum Gasteiger partial charge on any atom is 0.129 e. The Morgan fingerprint density at radius 1 is 1.58 bits per heavy atom. The molecule has 5 heteroatoms. The normalized spacial score (nSPS) is 8.67. The first-order valence-corrected chi connectivity index (χ1v) is 4.03. The molecular weight excluding hydrogens is 199 g/mol. The number of hydroxylamine groups is 1. The van der Waals surface area contributed by atoms with E-state index >= 15 is 0 Å². The summed E-state index contributed by atoms with van der Waals surface area (Å²) in [6, 6.07) is 3.25. The second kappa shape index (κ2) is 7.31. The van der Waals surface area contributed by atoms with E-state index in [0.29, 0.717) is 16.7 Å². The Bertz CT molecular complexity index is 180. The topological polar surface area (TPSA) is 45.1 Å². The van der Waals surface area contributed by atoms with Gasteiger partial charge in [-0.3, -0.25) is 0 Å². The highest BCUT2D eigenvalue weighted by atomic mass is 35.5. The summed E-state index contributed by atoms with van der Waals surface area (Å²) in [5, 5.41) is 8.52. The molecule has 0 aromatic carbocycles. The molecule has 0 atom stereocenters. The molecular formula is C7H9Cl2N2O. The van der Waals surface area contributed by atoms with Crippen LogP contribution >= 0.6 is 23.2 Å². The fourth-order valence-electron chi connectivity index (χ4n) is 0.323. The van der Waals surface area contributed by atoms with Gasteiger partial charge in [0, 0.05) is 6.54 Å². The summed E-state index contributed by atoms with van der Waals surface area (Å²) in [5.41, 5.74) is 1.93. The maximum absolute atomic E-state index is 7.62. The second-order valence-corrected chi connectivity index (χ2v) is 2.53. The van der Waals surface area contributed by atoms with Gasteiger partial charge in [0.25, 0.3) is 0 Å². The molecule has 0 unspecified atom stereocenters. The van der Waals surface area contributed by atoms with Crippen molar-refractivity contribution in [3.63, 3.8) is 0 Å². The zero-order valence-corrected chi connectivity index (χ0v) is 8.02. The number of aromatic nitrogens is 1. The molecule has 0 spiro atoms. The first-order chi connectivity index (χ1) is 5.70. The largest absolute Gasteiger partial charge is 0.317 e. The zero-order chi connectivity index (χ0) is 9.40. The fraction of sp³-hybridized carbons (Fsp3) is 0.286. The van der Waals surface area contributed by atoms with Crippen LogP contribution in [-0.4, -0.2) is 16.7 Å². The zero-order valence-electron chi connectivity index (χ0n) is 6.51. The van der Waals surface area contributed by atoms with Crippen LogP contribution in [0.15, 0.2) is 12.1 Å². The van der Waals surface area contributed by atoms with Crippen molar-refractivity contribution in [2.24, 2.45) is 0 Å². The SMILES string of the molecule is CCNO.Clc1[c]nc(Cl)cc1. The second-order valence-electron chi connectivity index (χ2n) is 1.74. The number of nitrogens with one attached hydrogen (secondary N) is 1. The van der Waals surface area contributed by atoms with E-state index in [1.807, 2.05) is 12.4 Å². The Labute approximate surface area is 81.3 Å². The van der Waals surface area contributed by atoms with Crippen LogP contribution in [0.3, 0.4) is 0 Å². The van der Waals surface area contributed by atoms with Crippen LogP contribution in [0.5, 0.6) is 0 Å². The molecule has 1 aromatic rings. The van der Waals surface area contributed by atoms with Crippen molar-refractivity contribution in [3.8, 4) is 0 Å². The third-order valence-electron chi connectivity index (χ3n) is 0.795. The summed E-state index contributed by atoms with van der Waals surface area (Å²) in [5.74, 6) is 0. The molecule has 3 nitrogen and oxygen atoms in total. The third kappa shape index (κ3) is 6.37. The van der Waals surface area contributed by atoms with Crippen molar-refractivity contribution < 1.29 is 5.21 Å². The average Bonchev–Trinajstić information content (AvgIpc) is 2.11. The highest BCUT2D eigenvalue weighted by Crippen LogP contribution is 2.07. The molecule has 0 saturated heterocycles. The van der Waals surface area contributed by atoms with E-state index in [0.717, 1.165) is 0 Å². The number of hydrogen-bond donors (Lipinski definition) is 2. The van der Waals surface area contributed by atoms with Gasteiger partial charge < -0.3 is 5.21 Å². The molecule has 0 amide bonds. The van der Waals surface area contributed by atoms with Crippen molar-refractivity contribution in [1.29, 1.82) is 0 Å². The number of pyridine rings is 1. The Balaban J connectivity index is 0.000000261. The van der Waals surface area contributed by atoms with E-state index in [-0.39, 0.29) is 0 Å². The molecule has 0 saturated carbocycles. The Hall–Kier alpha value is -0.350. The third-order valence-corrected chi connectivity index (χ3v) is 1.22. The fourth-order valence-corrected chi connectivity index (χ4v) is 0.534. The molecule has 0 aliphatic heterocycles. The van der Waals surface area contributed by atoms with Crippen molar-refractivity contribution in [2.45, 2.75) is 6.92 Å². The number of halogens is 2. The summed E-state index contributed by atoms with van der Waals surface area (Å²) >= 11 is 10.8. The summed E-state index contributed by atoms with van der Waals surface area (Å²) in [6.07, 6.45) is 2.48. The van der Waals surface area contributed by atoms with Crippen LogP contribution in [0.2, 0.25) is 10.2 Å². The van der Waals surface area contributed by atoms with Gasteiger partial charge in [0.05, 0.1) is 5.02 Å². The molecule has 0 bridgehead atoms. The molecule has 67 valence electrons. The predicted octanol–water partition coefficient (Wildman–Crippen LogP) is 2.17. The van der Waals surface area contributed by atoms with E-state index in [2.05, 4.69) is 11.2 Å². The van der Waals surface area contributed by atoms with E-state index < -0.39 is 0 Å². The molecule has 1 radical (unpaired) electrons. The molecule has 1 heterocycles. The van der Waals surface area contributed by atoms with Crippen LogP contribution in [0, 0.1) is 6.20 Å². The van der Waals surface area contributed by atoms with Gasteiger partial charge in [0.1, 0.15) is 11.3 Å². The lowest BCUT2D eigenvalue weighted by atomic mass is 10.5. The molecule has 0 fully saturated rings. The van der Waals surface area contributed by atoms with E-state index in [1.54, 1.807) is 12.1 Å². The van der Waals surface area contributed by atoms with Crippen LogP contribution in [0.4, 0.5) is 0 Å². The smallest absolute Gasteiger partial charge is 0.129 e. The maximum atomic E-state index is 7.62. The first kappa shape index (κ1) is 11.6. The minimum atomic E-state index is 0.411. The van der Waals surface area contributed by atoms with Crippen LogP contribution in [0.25, 0.3) is 0 Å². The van der Waals surface area contributed by atoms with Gasteiger partial charge in [0.15, 0.2) is 0 Å². The van der Waals surface area contributed by atoms with Crippen molar-refractivity contribution in [3.05, 3.63) is 28.5 Å². The Kier molecular flexibility index (Phi) is 7.09. The quantitative estimate of drug-likeness (QED) is 0.549. The van der Waals surface area contributed by atoms with E-state index in [1.165, 1.54) is 0 Å². The summed E-state index contributed by atoms with van der Waals surface area (Å²) in [6.45, 7) is 2.44. The highest BCUT2D eigenvalue weighted by molar-refractivity contribution is 6.31. The summed E-state index contributed by atoms with van der Waals surface area (Å²) in [4.78, 5) is 3.59. The first-order valence-electron chi connectivity index (χ1n) is 3.27. The minimum absolute atomic E-state index is 0.411. The average molecular weight is 208 g/mol. The van der Waals surface area contributed by atoms with Crippen LogP contribution in [-0.2, 0) is 0 Å². The molecule has 2 N–H and O–H groups in total. The number of nitrogens with zero attached hydrogens (tertiary/aromatic N) is 1. The molecule has 0 aliphatic rings. The molecule has 1 aromatic heterocycles. The Morgan fingerprint density at radius 2 is 2.17 bits per heavy atom. The standard InChI is InChI=1S/C5H2Cl2N.C2H7NO/c6-4-1-2-5(7)8-3-4;1-2-3-4/h1-2H;3-4H,2H2,1H3. The lowest BCUT2D eigenvalue weighted by Crippen LogP contribution is -2.02. The Morgan fingerprint density at radius 3 is 2.42 bits per heavy atom. The lowest BCUT2D eigenvalue weighted by Gasteiger charge is -1.84. The minimum Gasteiger partial charge on any atom is -0.317 e. The van der Waals surface area contributed by atoms with Crippen molar-refractivity contribution in [1.82, 2.24) is 10.5 Å². The lowest BCUT2D eigenvalue weighted by molar-refractivity contribution is 0.173. The van der Waals surface area contributed by atoms with Gasteiger partial charge in [-0.2, -0.15) is 0 Å². The van der Waals surface area contributed by atoms with E-state index in [4.69, 9.17) is 28.4 Å².